The zero-order valence-corrected chi connectivity index (χ0v) is 8.16. The molecule has 2 atom stereocenters. The molecule has 1 saturated carbocycles. The van der Waals surface area contributed by atoms with Gasteiger partial charge < -0.3 is 16.3 Å². The maximum atomic E-state index is 8.30. The summed E-state index contributed by atoms with van der Waals surface area (Å²) in [6.07, 6.45) is 4.00. The van der Waals surface area contributed by atoms with E-state index in [2.05, 4.69) is 17.4 Å². The molecule has 76 valence electrons. The van der Waals surface area contributed by atoms with Gasteiger partial charge in [-0.1, -0.05) is 24.9 Å². The number of rotatable bonds is 4. The molecule has 4 N–H and O–H groups in total. The van der Waals surface area contributed by atoms with E-state index in [-0.39, 0.29) is 5.84 Å². The minimum atomic E-state index is 0.255. The number of hydrogen-bond donors (Lipinski definition) is 3. The van der Waals surface area contributed by atoms with Gasteiger partial charge in [-0.15, -0.1) is 0 Å². The molecule has 4 heteroatoms. The normalized spacial score (nSPS) is 29.5. The third kappa shape index (κ3) is 3.22. The predicted octanol–water partition coefficient (Wildman–Crippen LogP) is 0.759. The molecule has 1 fully saturated rings. The van der Waals surface area contributed by atoms with Crippen molar-refractivity contribution in [2.24, 2.45) is 22.7 Å². The fourth-order valence-electron chi connectivity index (χ4n) is 1.95. The summed E-state index contributed by atoms with van der Waals surface area (Å²) >= 11 is 0. The molecule has 0 amide bonds. The fourth-order valence-corrected chi connectivity index (χ4v) is 1.95. The first-order chi connectivity index (χ1) is 6.24. The van der Waals surface area contributed by atoms with Gasteiger partial charge in [0.15, 0.2) is 5.84 Å². The molecule has 13 heavy (non-hydrogen) atoms. The van der Waals surface area contributed by atoms with Gasteiger partial charge in [0.05, 0.1) is 6.54 Å². The van der Waals surface area contributed by atoms with Gasteiger partial charge in [-0.2, -0.15) is 0 Å². The van der Waals surface area contributed by atoms with E-state index >= 15 is 0 Å². The fraction of sp³-hybridized carbons (Fsp3) is 0.889. The first-order valence-electron chi connectivity index (χ1n) is 4.91. The second-order valence-electron chi connectivity index (χ2n) is 3.89. The van der Waals surface area contributed by atoms with Gasteiger partial charge in [-0.3, -0.25) is 0 Å². The standard InChI is InChI=1S/C9H19N3O/c1-7-3-2-4-8(7)5-11-6-9(10)12-13/h7-8,11,13H,2-6H2,1H3,(H2,10,12). The highest BCUT2D eigenvalue weighted by Gasteiger charge is 2.22. The van der Waals surface area contributed by atoms with Crippen LogP contribution in [0.4, 0.5) is 0 Å². The Balaban J connectivity index is 2.12. The zero-order valence-electron chi connectivity index (χ0n) is 8.16. The minimum absolute atomic E-state index is 0.255. The smallest absolute Gasteiger partial charge is 0.153 e. The lowest BCUT2D eigenvalue weighted by Gasteiger charge is -2.15. The van der Waals surface area contributed by atoms with E-state index in [9.17, 15) is 0 Å². The Morgan fingerprint density at radius 1 is 1.62 bits per heavy atom. The molecule has 4 nitrogen and oxygen atoms in total. The molecular weight excluding hydrogens is 166 g/mol. The molecule has 0 aromatic heterocycles. The first-order valence-corrected chi connectivity index (χ1v) is 4.91. The largest absolute Gasteiger partial charge is 0.409 e. The summed E-state index contributed by atoms with van der Waals surface area (Å²) in [7, 11) is 0. The van der Waals surface area contributed by atoms with Crippen LogP contribution >= 0.6 is 0 Å². The lowest BCUT2D eigenvalue weighted by atomic mass is 9.98. The van der Waals surface area contributed by atoms with Crippen molar-refractivity contribution < 1.29 is 5.21 Å². The molecular formula is C9H19N3O. The topological polar surface area (TPSA) is 70.6 Å². The van der Waals surface area contributed by atoms with Crippen LogP contribution in [0.2, 0.25) is 0 Å². The monoisotopic (exact) mass is 185 g/mol. The van der Waals surface area contributed by atoms with E-state index in [1.54, 1.807) is 0 Å². The molecule has 1 rings (SSSR count). The van der Waals surface area contributed by atoms with Crippen LogP contribution in [0.25, 0.3) is 0 Å². The number of nitrogens with two attached hydrogens (primary N) is 1. The van der Waals surface area contributed by atoms with E-state index < -0.39 is 0 Å². The number of nitrogens with one attached hydrogen (secondary N) is 1. The Labute approximate surface area is 79.2 Å². The summed E-state index contributed by atoms with van der Waals surface area (Å²) in [5.74, 6) is 1.84. The average molecular weight is 185 g/mol. The number of hydrogen-bond acceptors (Lipinski definition) is 3. The third-order valence-electron chi connectivity index (χ3n) is 2.88. The van der Waals surface area contributed by atoms with Crippen molar-refractivity contribution in [1.29, 1.82) is 0 Å². The Bertz CT molecular complexity index is 182. The van der Waals surface area contributed by atoms with E-state index in [0.717, 1.165) is 18.4 Å². The molecule has 0 spiro atoms. The number of amidine groups is 1. The lowest BCUT2D eigenvalue weighted by molar-refractivity contribution is 0.316. The molecule has 0 radical (unpaired) electrons. The number of nitrogens with zero attached hydrogens (tertiary/aromatic N) is 1. The van der Waals surface area contributed by atoms with Crippen molar-refractivity contribution in [3.8, 4) is 0 Å². The van der Waals surface area contributed by atoms with E-state index in [1.807, 2.05) is 0 Å². The predicted molar refractivity (Wildman–Crippen MR) is 52.8 cm³/mol. The van der Waals surface area contributed by atoms with E-state index in [1.165, 1.54) is 19.3 Å². The highest BCUT2D eigenvalue weighted by Crippen LogP contribution is 2.30. The lowest BCUT2D eigenvalue weighted by Crippen LogP contribution is -2.33. The van der Waals surface area contributed by atoms with Gasteiger partial charge in [0.1, 0.15) is 0 Å². The van der Waals surface area contributed by atoms with Gasteiger partial charge in [0.25, 0.3) is 0 Å². The Morgan fingerprint density at radius 3 is 2.92 bits per heavy atom. The maximum Gasteiger partial charge on any atom is 0.153 e. The van der Waals surface area contributed by atoms with Crippen LogP contribution in [0.3, 0.4) is 0 Å². The molecule has 0 aromatic rings. The van der Waals surface area contributed by atoms with Gasteiger partial charge in [0.2, 0.25) is 0 Å². The maximum absolute atomic E-state index is 8.30. The molecule has 2 unspecified atom stereocenters. The van der Waals surface area contributed by atoms with Crippen LogP contribution in [0, 0.1) is 11.8 Å². The Hall–Kier alpha value is -0.770. The van der Waals surface area contributed by atoms with Gasteiger partial charge in [-0.05, 0) is 24.8 Å². The Kier molecular flexibility index (Phi) is 4.02. The van der Waals surface area contributed by atoms with Crippen molar-refractivity contribution in [3.63, 3.8) is 0 Å². The van der Waals surface area contributed by atoms with Crippen LogP contribution < -0.4 is 11.1 Å². The van der Waals surface area contributed by atoms with Crippen LogP contribution in [0.1, 0.15) is 26.2 Å². The van der Waals surface area contributed by atoms with Crippen molar-refractivity contribution in [2.75, 3.05) is 13.1 Å². The van der Waals surface area contributed by atoms with Gasteiger partial charge >= 0.3 is 0 Å². The summed E-state index contributed by atoms with van der Waals surface area (Å²) in [5, 5.41) is 14.4. The quantitative estimate of drug-likeness (QED) is 0.262. The summed E-state index contributed by atoms with van der Waals surface area (Å²) in [5.41, 5.74) is 5.33. The molecule has 0 saturated heterocycles. The van der Waals surface area contributed by atoms with Crippen molar-refractivity contribution in [2.45, 2.75) is 26.2 Å². The van der Waals surface area contributed by atoms with Crippen molar-refractivity contribution in [3.05, 3.63) is 0 Å². The summed E-state index contributed by atoms with van der Waals surface area (Å²) in [6.45, 7) is 3.76. The van der Waals surface area contributed by atoms with E-state index in [4.69, 9.17) is 10.9 Å². The SMILES string of the molecule is CC1CCCC1CNCC(N)=NO. The second-order valence-corrected chi connectivity index (χ2v) is 3.89. The van der Waals surface area contributed by atoms with Crippen molar-refractivity contribution in [1.82, 2.24) is 5.32 Å². The summed E-state index contributed by atoms with van der Waals surface area (Å²) < 4.78 is 0. The average Bonchev–Trinajstić information content (AvgIpc) is 2.52. The van der Waals surface area contributed by atoms with Crippen molar-refractivity contribution >= 4 is 5.84 Å². The number of oxime groups is 1. The minimum Gasteiger partial charge on any atom is -0.409 e. The first kappa shape index (κ1) is 10.3. The van der Waals surface area contributed by atoms with Gasteiger partial charge in [0, 0.05) is 0 Å². The van der Waals surface area contributed by atoms with Crippen LogP contribution in [0.15, 0.2) is 5.16 Å². The Morgan fingerprint density at radius 2 is 2.38 bits per heavy atom. The molecule has 0 heterocycles. The van der Waals surface area contributed by atoms with Crippen LogP contribution in [-0.2, 0) is 0 Å². The van der Waals surface area contributed by atoms with Crippen LogP contribution in [0.5, 0.6) is 0 Å². The molecule has 0 aliphatic heterocycles. The summed E-state index contributed by atoms with van der Waals surface area (Å²) in [6, 6.07) is 0. The molecule has 0 bridgehead atoms. The third-order valence-corrected chi connectivity index (χ3v) is 2.88. The highest BCUT2D eigenvalue weighted by molar-refractivity contribution is 5.81. The molecule has 1 aliphatic carbocycles. The van der Waals surface area contributed by atoms with Gasteiger partial charge in [-0.25, -0.2) is 0 Å². The molecule has 0 aromatic carbocycles. The molecule has 1 aliphatic rings. The second kappa shape index (κ2) is 5.07. The van der Waals surface area contributed by atoms with E-state index in [0.29, 0.717) is 6.54 Å². The highest BCUT2D eigenvalue weighted by atomic mass is 16.4. The van der Waals surface area contributed by atoms with Crippen LogP contribution in [-0.4, -0.2) is 24.1 Å². The summed E-state index contributed by atoms with van der Waals surface area (Å²) in [4.78, 5) is 0. The zero-order chi connectivity index (χ0) is 9.68.